The third kappa shape index (κ3) is 3.36. The van der Waals surface area contributed by atoms with Crippen LogP contribution in [0.15, 0.2) is 18.2 Å². The average molecular weight is 349 g/mol. The number of benzene rings is 1. The zero-order valence-electron chi connectivity index (χ0n) is 14.5. The van der Waals surface area contributed by atoms with Crippen LogP contribution in [-0.2, 0) is 0 Å². The van der Waals surface area contributed by atoms with Gasteiger partial charge in [-0.05, 0) is 50.8 Å². The van der Waals surface area contributed by atoms with E-state index in [0.717, 1.165) is 18.9 Å². The molecule has 136 valence electrons. The number of carbonyl (C=O) groups excluding carboxylic acids is 1. The van der Waals surface area contributed by atoms with Gasteiger partial charge in [-0.2, -0.15) is 0 Å². The normalized spacial score (nSPS) is 34.4. The summed E-state index contributed by atoms with van der Waals surface area (Å²) < 4.78 is 27.2. The summed E-state index contributed by atoms with van der Waals surface area (Å²) in [5.74, 6) is -1.75. The summed E-state index contributed by atoms with van der Waals surface area (Å²) in [7, 11) is 2.19. The molecule has 0 unspecified atom stereocenters. The van der Waals surface area contributed by atoms with Crippen molar-refractivity contribution in [3.63, 3.8) is 0 Å². The first-order valence-corrected chi connectivity index (χ1v) is 9.26. The Morgan fingerprint density at radius 2 is 1.84 bits per heavy atom. The summed E-state index contributed by atoms with van der Waals surface area (Å²) in [6, 6.07) is 5.27. The second kappa shape index (κ2) is 6.56. The minimum absolute atomic E-state index is 0.109. The highest BCUT2D eigenvalue weighted by Crippen LogP contribution is 2.42. The molecule has 25 heavy (non-hydrogen) atoms. The van der Waals surface area contributed by atoms with Crippen LogP contribution < -0.4 is 10.6 Å². The third-order valence-corrected chi connectivity index (χ3v) is 6.16. The van der Waals surface area contributed by atoms with Crippen LogP contribution in [0.3, 0.4) is 0 Å². The Morgan fingerprint density at radius 3 is 2.56 bits per heavy atom. The number of hydrogen-bond donors (Lipinski definition) is 2. The topological polar surface area (TPSA) is 44.4 Å². The SMILES string of the molecule is CN1[C@H]2CCC[C@H]1CC(NC(=O)N[C@@H]1C[C@H]1c1cccc(F)c1F)C2. The van der Waals surface area contributed by atoms with E-state index in [0.29, 0.717) is 24.1 Å². The van der Waals surface area contributed by atoms with Gasteiger partial charge in [-0.1, -0.05) is 18.6 Å². The van der Waals surface area contributed by atoms with E-state index in [1.165, 1.54) is 25.3 Å². The maximum atomic E-state index is 13.8. The standard InChI is InChI=1S/C19H25F2N3O/c1-24-12-4-2-5-13(24)9-11(8-12)22-19(25)23-17-10-15(17)14-6-3-7-16(20)18(14)21/h3,6-7,11-13,15,17H,2,4-5,8-10H2,1H3,(H2,22,23,25)/t12-,13-,15-,17+/m0/s1. The number of carbonyl (C=O) groups is 1. The summed E-state index contributed by atoms with van der Waals surface area (Å²) >= 11 is 0. The maximum absolute atomic E-state index is 13.8. The number of halogens is 2. The predicted octanol–water partition coefficient (Wildman–Crippen LogP) is 3.14. The lowest BCUT2D eigenvalue weighted by Gasteiger charge is -2.47. The van der Waals surface area contributed by atoms with E-state index in [4.69, 9.17) is 0 Å². The molecule has 2 saturated heterocycles. The van der Waals surface area contributed by atoms with Crippen molar-refractivity contribution in [1.29, 1.82) is 0 Å². The maximum Gasteiger partial charge on any atom is 0.315 e. The highest BCUT2D eigenvalue weighted by molar-refractivity contribution is 5.75. The number of rotatable bonds is 3. The van der Waals surface area contributed by atoms with Crippen LogP contribution in [0.25, 0.3) is 0 Å². The minimum atomic E-state index is -0.828. The number of urea groups is 1. The molecule has 1 aromatic carbocycles. The monoisotopic (exact) mass is 349 g/mol. The van der Waals surface area contributed by atoms with Crippen molar-refractivity contribution in [2.24, 2.45) is 0 Å². The number of piperidine rings is 2. The molecule has 1 aromatic rings. The van der Waals surface area contributed by atoms with Gasteiger partial charge in [0.15, 0.2) is 11.6 Å². The molecule has 3 aliphatic rings. The number of hydrogen-bond acceptors (Lipinski definition) is 2. The first kappa shape index (κ1) is 16.8. The summed E-state index contributed by atoms with van der Waals surface area (Å²) in [4.78, 5) is 14.7. The average Bonchev–Trinajstić information content (AvgIpc) is 3.29. The second-order valence-corrected chi connectivity index (χ2v) is 7.78. The Kier molecular flexibility index (Phi) is 4.40. The fourth-order valence-electron chi connectivity index (χ4n) is 4.63. The zero-order valence-corrected chi connectivity index (χ0v) is 14.5. The van der Waals surface area contributed by atoms with Crippen LogP contribution >= 0.6 is 0 Å². The molecule has 6 heteroatoms. The van der Waals surface area contributed by atoms with Crippen molar-refractivity contribution in [2.45, 2.75) is 68.6 Å². The van der Waals surface area contributed by atoms with Gasteiger partial charge in [-0.25, -0.2) is 13.6 Å². The third-order valence-electron chi connectivity index (χ3n) is 6.16. The quantitative estimate of drug-likeness (QED) is 0.881. The van der Waals surface area contributed by atoms with Gasteiger partial charge < -0.3 is 15.5 Å². The van der Waals surface area contributed by atoms with Gasteiger partial charge >= 0.3 is 6.03 Å². The Bertz CT molecular complexity index is 654. The molecule has 2 aliphatic heterocycles. The Morgan fingerprint density at radius 1 is 1.12 bits per heavy atom. The van der Waals surface area contributed by atoms with Crippen LogP contribution in [0.5, 0.6) is 0 Å². The molecule has 0 spiro atoms. The summed E-state index contributed by atoms with van der Waals surface area (Å²) in [5, 5.41) is 6.01. The van der Waals surface area contributed by atoms with Crippen LogP contribution in [0.1, 0.15) is 50.0 Å². The van der Waals surface area contributed by atoms with E-state index in [-0.39, 0.29) is 24.0 Å². The summed E-state index contributed by atoms with van der Waals surface area (Å²) in [6.07, 6.45) is 6.33. The van der Waals surface area contributed by atoms with Crippen LogP contribution in [0, 0.1) is 11.6 Å². The zero-order chi connectivity index (χ0) is 17.6. The first-order chi connectivity index (χ1) is 12.0. The van der Waals surface area contributed by atoms with Gasteiger partial charge in [0.25, 0.3) is 0 Å². The molecule has 4 atom stereocenters. The Balaban J connectivity index is 1.30. The van der Waals surface area contributed by atoms with Crippen LogP contribution in [0.2, 0.25) is 0 Å². The lowest BCUT2D eigenvalue weighted by molar-refractivity contribution is 0.0509. The number of nitrogens with one attached hydrogen (secondary N) is 2. The molecule has 0 aromatic heterocycles. The largest absolute Gasteiger partial charge is 0.335 e. The van der Waals surface area contributed by atoms with Gasteiger partial charge in [0.2, 0.25) is 0 Å². The fraction of sp³-hybridized carbons (Fsp3) is 0.632. The molecular formula is C19H25F2N3O. The van der Waals surface area contributed by atoms with Crippen molar-refractivity contribution in [3.05, 3.63) is 35.4 Å². The first-order valence-electron chi connectivity index (χ1n) is 9.26. The van der Waals surface area contributed by atoms with Gasteiger partial charge in [0.1, 0.15) is 0 Å². The Hall–Kier alpha value is -1.69. The molecule has 0 radical (unpaired) electrons. The molecule has 4 rings (SSSR count). The minimum Gasteiger partial charge on any atom is -0.335 e. The van der Waals surface area contributed by atoms with E-state index in [2.05, 4.69) is 22.6 Å². The van der Waals surface area contributed by atoms with Gasteiger partial charge in [-0.3, -0.25) is 0 Å². The summed E-state index contributed by atoms with van der Waals surface area (Å²) in [6.45, 7) is 0. The molecule has 2 heterocycles. The number of nitrogens with zero attached hydrogens (tertiary/aromatic N) is 1. The lowest BCUT2D eigenvalue weighted by atomic mass is 9.82. The van der Waals surface area contributed by atoms with Crippen molar-refractivity contribution in [2.75, 3.05) is 7.05 Å². The van der Waals surface area contributed by atoms with Gasteiger partial charge in [0, 0.05) is 30.1 Å². The van der Waals surface area contributed by atoms with E-state index in [1.54, 1.807) is 6.07 Å². The molecule has 3 fully saturated rings. The molecule has 1 saturated carbocycles. The van der Waals surface area contributed by atoms with Crippen molar-refractivity contribution in [1.82, 2.24) is 15.5 Å². The van der Waals surface area contributed by atoms with Crippen molar-refractivity contribution in [3.8, 4) is 0 Å². The fourth-order valence-corrected chi connectivity index (χ4v) is 4.63. The van der Waals surface area contributed by atoms with Gasteiger partial charge in [-0.15, -0.1) is 0 Å². The second-order valence-electron chi connectivity index (χ2n) is 7.78. The highest BCUT2D eigenvalue weighted by Gasteiger charge is 2.42. The predicted molar refractivity (Wildman–Crippen MR) is 91.4 cm³/mol. The molecule has 1 aliphatic carbocycles. The molecule has 2 bridgehead atoms. The van der Waals surface area contributed by atoms with Crippen molar-refractivity contribution < 1.29 is 13.6 Å². The lowest BCUT2D eigenvalue weighted by Crippen LogP contribution is -2.56. The smallest absolute Gasteiger partial charge is 0.315 e. The van der Waals surface area contributed by atoms with E-state index < -0.39 is 11.6 Å². The van der Waals surface area contributed by atoms with Gasteiger partial charge in [0.05, 0.1) is 0 Å². The highest BCUT2D eigenvalue weighted by atomic mass is 19.2. The number of amides is 2. The number of fused-ring (bicyclic) bond motifs is 2. The van der Waals surface area contributed by atoms with Crippen molar-refractivity contribution >= 4 is 6.03 Å². The van der Waals surface area contributed by atoms with E-state index >= 15 is 0 Å². The van der Waals surface area contributed by atoms with Crippen LogP contribution in [0.4, 0.5) is 13.6 Å². The Labute approximate surface area is 147 Å². The van der Waals surface area contributed by atoms with Crippen LogP contribution in [-0.4, -0.2) is 42.1 Å². The molecule has 2 amide bonds. The molecular weight excluding hydrogens is 324 g/mol. The van der Waals surface area contributed by atoms with E-state index in [1.807, 2.05) is 0 Å². The molecule has 4 nitrogen and oxygen atoms in total. The summed E-state index contributed by atoms with van der Waals surface area (Å²) in [5.41, 5.74) is 0.360. The van der Waals surface area contributed by atoms with E-state index in [9.17, 15) is 13.6 Å². The molecule has 2 N–H and O–H groups in total.